The number of aromatic nitrogens is 2. The Morgan fingerprint density at radius 3 is 2.54 bits per heavy atom. The van der Waals surface area contributed by atoms with Crippen molar-refractivity contribution in [2.24, 2.45) is 0 Å². The SMILES string of the molecule is CCN(c1nc(C)cc(Nc2c(F)cccc2F)n1)C1CCS(=O)(=O)C1. The molecule has 9 heteroatoms. The van der Waals surface area contributed by atoms with Crippen molar-refractivity contribution in [3.63, 3.8) is 0 Å². The molecule has 2 heterocycles. The number of halogens is 2. The lowest BCUT2D eigenvalue weighted by molar-refractivity contribution is 0.590. The van der Waals surface area contributed by atoms with E-state index < -0.39 is 21.5 Å². The van der Waals surface area contributed by atoms with E-state index in [2.05, 4.69) is 15.3 Å². The van der Waals surface area contributed by atoms with E-state index in [0.717, 1.165) is 12.1 Å². The predicted molar refractivity (Wildman–Crippen MR) is 96.5 cm³/mol. The largest absolute Gasteiger partial charge is 0.337 e. The standard InChI is InChI=1S/C17H20F2N4O2S/c1-3-23(12-7-8-26(24,25)10-12)17-20-11(2)9-15(22-17)21-16-13(18)5-4-6-14(16)19/h4-6,9,12H,3,7-8,10H2,1-2H3,(H,20,21,22). The van der Waals surface area contributed by atoms with Gasteiger partial charge in [0.15, 0.2) is 9.84 Å². The van der Waals surface area contributed by atoms with Gasteiger partial charge in [0.1, 0.15) is 23.1 Å². The van der Waals surface area contributed by atoms with Crippen molar-refractivity contribution in [1.29, 1.82) is 0 Å². The molecule has 0 spiro atoms. The van der Waals surface area contributed by atoms with E-state index in [9.17, 15) is 17.2 Å². The van der Waals surface area contributed by atoms with Crippen molar-refractivity contribution in [3.8, 4) is 0 Å². The van der Waals surface area contributed by atoms with Crippen LogP contribution in [0.15, 0.2) is 24.3 Å². The van der Waals surface area contributed by atoms with Gasteiger partial charge in [-0.05, 0) is 32.4 Å². The van der Waals surface area contributed by atoms with Gasteiger partial charge in [-0.3, -0.25) is 0 Å². The van der Waals surface area contributed by atoms with Gasteiger partial charge in [0, 0.05) is 24.3 Å². The van der Waals surface area contributed by atoms with Crippen LogP contribution >= 0.6 is 0 Å². The van der Waals surface area contributed by atoms with E-state index in [4.69, 9.17) is 0 Å². The van der Waals surface area contributed by atoms with Crippen molar-refractivity contribution >= 4 is 27.3 Å². The van der Waals surface area contributed by atoms with Gasteiger partial charge in [-0.2, -0.15) is 4.98 Å². The van der Waals surface area contributed by atoms with E-state index in [0.29, 0.717) is 24.6 Å². The van der Waals surface area contributed by atoms with Crippen LogP contribution in [0.1, 0.15) is 19.0 Å². The maximum atomic E-state index is 13.9. The number of benzene rings is 1. The monoisotopic (exact) mass is 382 g/mol. The van der Waals surface area contributed by atoms with Crippen LogP contribution in [0.25, 0.3) is 0 Å². The third-order valence-electron chi connectivity index (χ3n) is 4.30. The zero-order valence-corrected chi connectivity index (χ0v) is 15.4. The first-order valence-electron chi connectivity index (χ1n) is 8.33. The first-order valence-corrected chi connectivity index (χ1v) is 10.1. The summed E-state index contributed by atoms with van der Waals surface area (Å²) in [6.45, 7) is 4.16. The summed E-state index contributed by atoms with van der Waals surface area (Å²) in [5.74, 6) is -0.660. The Morgan fingerprint density at radius 2 is 1.96 bits per heavy atom. The Hall–Kier alpha value is -2.29. The number of nitrogens with one attached hydrogen (secondary N) is 1. The van der Waals surface area contributed by atoms with Crippen molar-refractivity contribution in [1.82, 2.24) is 9.97 Å². The molecule has 1 fully saturated rings. The molecule has 0 saturated carbocycles. The number of nitrogens with zero attached hydrogens (tertiary/aromatic N) is 3. The quantitative estimate of drug-likeness (QED) is 0.857. The Kier molecular flexibility index (Phi) is 5.08. The maximum absolute atomic E-state index is 13.9. The highest BCUT2D eigenvalue weighted by Crippen LogP contribution is 2.26. The van der Waals surface area contributed by atoms with Crippen LogP contribution < -0.4 is 10.2 Å². The molecule has 1 unspecified atom stereocenters. The fraction of sp³-hybridized carbons (Fsp3) is 0.412. The molecule has 0 bridgehead atoms. The maximum Gasteiger partial charge on any atom is 0.227 e. The van der Waals surface area contributed by atoms with Gasteiger partial charge < -0.3 is 10.2 Å². The lowest BCUT2D eigenvalue weighted by Gasteiger charge is -2.27. The molecule has 1 aromatic carbocycles. The second-order valence-corrected chi connectivity index (χ2v) is 8.49. The molecule has 1 aromatic heterocycles. The lowest BCUT2D eigenvalue weighted by atomic mass is 10.2. The average Bonchev–Trinajstić information content (AvgIpc) is 2.91. The van der Waals surface area contributed by atoms with Gasteiger partial charge in [0.25, 0.3) is 0 Å². The number of sulfone groups is 1. The van der Waals surface area contributed by atoms with E-state index in [1.54, 1.807) is 13.0 Å². The molecular weight excluding hydrogens is 362 g/mol. The molecule has 1 aliphatic rings. The fourth-order valence-corrected chi connectivity index (χ4v) is 4.81. The van der Waals surface area contributed by atoms with Gasteiger partial charge in [-0.25, -0.2) is 22.2 Å². The normalized spacial score (nSPS) is 18.7. The number of hydrogen-bond acceptors (Lipinski definition) is 6. The molecule has 1 N–H and O–H groups in total. The van der Waals surface area contributed by atoms with Crippen LogP contribution in [0.4, 0.5) is 26.2 Å². The molecule has 0 aliphatic carbocycles. The molecular formula is C17H20F2N4O2S. The number of rotatable bonds is 5. The summed E-state index contributed by atoms with van der Waals surface area (Å²) < 4.78 is 51.3. The average molecular weight is 382 g/mol. The number of para-hydroxylation sites is 1. The first kappa shape index (κ1) is 18.5. The van der Waals surface area contributed by atoms with Crippen LogP contribution in [0.2, 0.25) is 0 Å². The van der Waals surface area contributed by atoms with Crippen LogP contribution in [-0.2, 0) is 9.84 Å². The molecule has 2 aromatic rings. The number of hydrogen-bond donors (Lipinski definition) is 1. The van der Waals surface area contributed by atoms with Gasteiger partial charge in [0.05, 0.1) is 11.5 Å². The van der Waals surface area contributed by atoms with Crippen molar-refractivity contribution in [3.05, 3.63) is 41.6 Å². The molecule has 26 heavy (non-hydrogen) atoms. The summed E-state index contributed by atoms with van der Waals surface area (Å²) in [6.07, 6.45) is 0.512. The van der Waals surface area contributed by atoms with E-state index >= 15 is 0 Å². The van der Waals surface area contributed by atoms with Gasteiger partial charge in [-0.1, -0.05) is 6.07 Å². The molecule has 6 nitrogen and oxygen atoms in total. The van der Waals surface area contributed by atoms with Gasteiger partial charge in [0.2, 0.25) is 5.95 Å². The third-order valence-corrected chi connectivity index (χ3v) is 6.06. The van der Waals surface area contributed by atoms with E-state index in [1.165, 1.54) is 6.07 Å². The minimum atomic E-state index is -3.05. The smallest absolute Gasteiger partial charge is 0.227 e. The van der Waals surface area contributed by atoms with E-state index in [-0.39, 0.29) is 29.1 Å². The topological polar surface area (TPSA) is 75.2 Å². The van der Waals surface area contributed by atoms with Crippen LogP contribution in [-0.4, -0.2) is 42.5 Å². The second kappa shape index (κ2) is 7.14. The summed E-state index contributed by atoms with van der Waals surface area (Å²) in [5, 5.41) is 2.66. The summed E-state index contributed by atoms with van der Waals surface area (Å²) in [5.41, 5.74) is 0.316. The summed E-state index contributed by atoms with van der Waals surface area (Å²) in [7, 11) is -3.05. The molecule has 0 radical (unpaired) electrons. The fourth-order valence-electron chi connectivity index (χ4n) is 3.07. The molecule has 140 valence electrons. The zero-order chi connectivity index (χ0) is 18.9. The van der Waals surface area contributed by atoms with Crippen LogP contribution in [0.5, 0.6) is 0 Å². The molecule has 1 saturated heterocycles. The Labute approximate surface area is 151 Å². The van der Waals surface area contributed by atoms with Crippen molar-refractivity contribution in [2.75, 3.05) is 28.3 Å². The van der Waals surface area contributed by atoms with Crippen LogP contribution in [0.3, 0.4) is 0 Å². The number of aryl methyl sites for hydroxylation is 1. The second-order valence-electron chi connectivity index (χ2n) is 6.26. The molecule has 1 aliphatic heterocycles. The highest BCUT2D eigenvalue weighted by molar-refractivity contribution is 7.91. The first-order chi connectivity index (χ1) is 12.3. The molecule has 0 amide bonds. The van der Waals surface area contributed by atoms with Crippen LogP contribution in [0, 0.1) is 18.6 Å². The summed E-state index contributed by atoms with van der Waals surface area (Å²) in [4.78, 5) is 10.5. The zero-order valence-electron chi connectivity index (χ0n) is 14.5. The van der Waals surface area contributed by atoms with Gasteiger partial charge in [-0.15, -0.1) is 0 Å². The predicted octanol–water partition coefficient (Wildman–Crippen LogP) is 2.82. The number of anilines is 3. The van der Waals surface area contributed by atoms with Crippen molar-refractivity contribution in [2.45, 2.75) is 26.3 Å². The molecule has 1 atom stereocenters. The minimum absolute atomic E-state index is 0.0584. The Morgan fingerprint density at radius 1 is 1.27 bits per heavy atom. The molecule has 3 rings (SSSR count). The summed E-state index contributed by atoms with van der Waals surface area (Å²) in [6, 6.07) is 4.97. The summed E-state index contributed by atoms with van der Waals surface area (Å²) >= 11 is 0. The van der Waals surface area contributed by atoms with E-state index in [1.807, 2.05) is 11.8 Å². The minimum Gasteiger partial charge on any atom is -0.337 e. The van der Waals surface area contributed by atoms with Crippen molar-refractivity contribution < 1.29 is 17.2 Å². The highest BCUT2D eigenvalue weighted by atomic mass is 32.2. The lowest BCUT2D eigenvalue weighted by Crippen LogP contribution is -2.37. The Bertz CT molecular complexity index is 901. The third kappa shape index (κ3) is 3.92. The highest BCUT2D eigenvalue weighted by Gasteiger charge is 2.33. The van der Waals surface area contributed by atoms with Gasteiger partial charge >= 0.3 is 0 Å². The Balaban J connectivity index is 1.92.